The summed E-state index contributed by atoms with van der Waals surface area (Å²) in [4.78, 5) is -0.0526. The topological polar surface area (TPSA) is 58.5 Å². The number of benzene rings is 2. The normalized spacial score (nSPS) is 11.7. The van der Waals surface area contributed by atoms with Gasteiger partial charge in [0.05, 0.1) is 16.8 Å². The van der Waals surface area contributed by atoms with Crippen molar-refractivity contribution in [1.82, 2.24) is 0 Å². The van der Waals surface area contributed by atoms with Crippen LogP contribution in [0.1, 0.15) is 5.56 Å². The Kier molecular flexibility index (Phi) is 4.14. The molecule has 0 unspecified atom stereocenters. The summed E-state index contributed by atoms with van der Waals surface area (Å²) < 4.78 is 36.3. The first-order valence-corrected chi connectivity index (χ1v) is 7.70. The van der Waals surface area contributed by atoms with Crippen LogP contribution in [-0.4, -0.2) is 20.9 Å². The van der Waals surface area contributed by atoms with Gasteiger partial charge >= 0.3 is 0 Å². The monoisotopic (exact) mass is 292 g/mol. The highest BCUT2D eigenvalue weighted by atomic mass is 32.2. The third-order valence-corrected chi connectivity index (χ3v) is 3.68. The standard InChI is InChI=1S/C14H13FN2O2S/c1-20(18,19)13-8-7-11(14(15)9-13)10-16-17-12-5-3-2-4-6-12/h2-10,17H,1H3. The van der Waals surface area contributed by atoms with E-state index in [0.717, 1.165) is 18.0 Å². The summed E-state index contributed by atoms with van der Waals surface area (Å²) in [6, 6.07) is 12.9. The molecule has 0 amide bonds. The number of hydrazone groups is 1. The third kappa shape index (κ3) is 3.64. The van der Waals surface area contributed by atoms with Crippen LogP contribution in [0.4, 0.5) is 10.1 Å². The van der Waals surface area contributed by atoms with Crippen LogP contribution < -0.4 is 5.43 Å². The Morgan fingerprint density at radius 3 is 2.45 bits per heavy atom. The Morgan fingerprint density at radius 2 is 1.85 bits per heavy atom. The van der Waals surface area contributed by atoms with Crippen LogP contribution in [-0.2, 0) is 9.84 Å². The Balaban J connectivity index is 2.14. The molecule has 2 aromatic rings. The fraction of sp³-hybridized carbons (Fsp3) is 0.0714. The molecule has 4 nitrogen and oxygen atoms in total. The van der Waals surface area contributed by atoms with Gasteiger partial charge in [-0.05, 0) is 30.3 Å². The summed E-state index contributed by atoms with van der Waals surface area (Å²) >= 11 is 0. The van der Waals surface area contributed by atoms with Crippen molar-refractivity contribution >= 4 is 21.7 Å². The van der Waals surface area contributed by atoms with Gasteiger partial charge in [0.1, 0.15) is 5.82 Å². The Labute approximate surface area is 116 Å². The van der Waals surface area contributed by atoms with Crippen LogP contribution in [0, 0.1) is 5.82 Å². The zero-order valence-corrected chi connectivity index (χ0v) is 11.6. The molecule has 0 aliphatic rings. The highest BCUT2D eigenvalue weighted by molar-refractivity contribution is 7.90. The lowest BCUT2D eigenvalue weighted by Crippen LogP contribution is -2.00. The van der Waals surface area contributed by atoms with E-state index in [1.165, 1.54) is 18.3 Å². The SMILES string of the molecule is CS(=O)(=O)c1ccc(C=NNc2ccccc2)c(F)c1. The van der Waals surface area contributed by atoms with Gasteiger partial charge in [-0.15, -0.1) is 0 Å². The van der Waals surface area contributed by atoms with Crippen LogP contribution in [0.25, 0.3) is 0 Å². The van der Waals surface area contributed by atoms with E-state index in [1.54, 1.807) is 0 Å². The first kappa shape index (κ1) is 14.2. The summed E-state index contributed by atoms with van der Waals surface area (Å²) in [6.07, 6.45) is 2.33. The minimum absolute atomic E-state index is 0.0526. The Bertz CT molecular complexity index is 728. The maximum Gasteiger partial charge on any atom is 0.175 e. The number of para-hydroxylation sites is 1. The van der Waals surface area contributed by atoms with Crippen LogP contribution in [0.3, 0.4) is 0 Å². The fourth-order valence-corrected chi connectivity index (χ4v) is 2.17. The molecule has 0 aliphatic carbocycles. The number of hydrogen-bond acceptors (Lipinski definition) is 4. The molecule has 2 aromatic carbocycles. The molecule has 0 spiro atoms. The minimum Gasteiger partial charge on any atom is -0.279 e. The van der Waals surface area contributed by atoms with Crippen LogP contribution in [0.2, 0.25) is 0 Å². The summed E-state index contributed by atoms with van der Waals surface area (Å²) in [5.41, 5.74) is 3.73. The molecule has 0 aromatic heterocycles. The number of anilines is 1. The molecule has 20 heavy (non-hydrogen) atoms. The molecule has 0 fully saturated rings. The molecule has 2 rings (SSSR count). The molecule has 1 N–H and O–H groups in total. The molecular formula is C14H13FN2O2S. The summed E-state index contributed by atoms with van der Waals surface area (Å²) in [5, 5.41) is 3.90. The quantitative estimate of drug-likeness (QED) is 0.696. The average Bonchev–Trinajstić information content (AvgIpc) is 2.40. The van der Waals surface area contributed by atoms with Gasteiger partial charge in [0.15, 0.2) is 9.84 Å². The molecule has 0 heterocycles. The minimum atomic E-state index is -3.41. The molecule has 0 aliphatic heterocycles. The van der Waals surface area contributed by atoms with Crippen molar-refractivity contribution in [2.45, 2.75) is 4.90 Å². The predicted octanol–water partition coefficient (Wildman–Crippen LogP) is 2.68. The summed E-state index contributed by atoms with van der Waals surface area (Å²) in [5.74, 6) is -0.633. The molecule has 0 atom stereocenters. The van der Waals surface area contributed by atoms with Crippen molar-refractivity contribution in [1.29, 1.82) is 0 Å². The van der Waals surface area contributed by atoms with Crippen molar-refractivity contribution in [3.05, 3.63) is 59.9 Å². The van der Waals surface area contributed by atoms with Gasteiger partial charge < -0.3 is 0 Å². The van der Waals surface area contributed by atoms with E-state index in [-0.39, 0.29) is 10.5 Å². The smallest absolute Gasteiger partial charge is 0.175 e. The van der Waals surface area contributed by atoms with E-state index in [1.807, 2.05) is 30.3 Å². The molecule has 0 bridgehead atoms. The van der Waals surface area contributed by atoms with Crippen LogP contribution in [0.15, 0.2) is 58.5 Å². The second-order valence-electron chi connectivity index (χ2n) is 4.19. The van der Waals surface area contributed by atoms with Gasteiger partial charge in [-0.3, -0.25) is 5.43 Å². The van der Waals surface area contributed by atoms with Crippen molar-refractivity contribution < 1.29 is 12.8 Å². The lowest BCUT2D eigenvalue weighted by molar-refractivity contribution is 0.595. The van der Waals surface area contributed by atoms with E-state index in [0.29, 0.717) is 0 Å². The molecular weight excluding hydrogens is 279 g/mol. The maximum atomic E-state index is 13.7. The highest BCUT2D eigenvalue weighted by Gasteiger charge is 2.09. The van der Waals surface area contributed by atoms with E-state index in [2.05, 4.69) is 10.5 Å². The van der Waals surface area contributed by atoms with Gasteiger partial charge in [0.2, 0.25) is 0 Å². The van der Waals surface area contributed by atoms with Crippen molar-refractivity contribution in [2.24, 2.45) is 5.10 Å². The largest absolute Gasteiger partial charge is 0.279 e. The van der Waals surface area contributed by atoms with E-state index in [4.69, 9.17) is 0 Å². The molecule has 0 radical (unpaired) electrons. The maximum absolute atomic E-state index is 13.7. The zero-order chi connectivity index (χ0) is 14.6. The first-order valence-electron chi connectivity index (χ1n) is 5.80. The van der Waals surface area contributed by atoms with Gasteiger partial charge in [-0.2, -0.15) is 5.10 Å². The van der Waals surface area contributed by atoms with Gasteiger partial charge in [-0.25, -0.2) is 12.8 Å². The van der Waals surface area contributed by atoms with E-state index in [9.17, 15) is 12.8 Å². The van der Waals surface area contributed by atoms with Gasteiger partial charge in [0, 0.05) is 11.8 Å². The van der Waals surface area contributed by atoms with Gasteiger partial charge in [-0.1, -0.05) is 18.2 Å². The Morgan fingerprint density at radius 1 is 1.15 bits per heavy atom. The van der Waals surface area contributed by atoms with Crippen molar-refractivity contribution in [3.63, 3.8) is 0 Å². The predicted molar refractivity (Wildman–Crippen MR) is 77.2 cm³/mol. The molecule has 0 saturated carbocycles. The van der Waals surface area contributed by atoms with Crippen molar-refractivity contribution in [2.75, 3.05) is 11.7 Å². The number of nitrogens with one attached hydrogen (secondary N) is 1. The zero-order valence-electron chi connectivity index (χ0n) is 10.7. The van der Waals surface area contributed by atoms with Crippen LogP contribution in [0.5, 0.6) is 0 Å². The average molecular weight is 292 g/mol. The Hall–Kier alpha value is -2.21. The molecule has 104 valence electrons. The van der Waals surface area contributed by atoms with E-state index >= 15 is 0 Å². The summed E-state index contributed by atoms with van der Waals surface area (Å²) in [6.45, 7) is 0. The fourth-order valence-electron chi connectivity index (χ4n) is 1.53. The second kappa shape index (κ2) is 5.83. The number of halogens is 1. The number of nitrogens with zero attached hydrogens (tertiary/aromatic N) is 1. The van der Waals surface area contributed by atoms with Crippen LogP contribution >= 0.6 is 0 Å². The van der Waals surface area contributed by atoms with Gasteiger partial charge in [0.25, 0.3) is 0 Å². The number of rotatable bonds is 4. The highest BCUT2D eigenvalue weighted by Crippen LogP contribution is 2.13. The molecule has 6 heteroatoms. The number of sulfone groups is 1. The number of hydrogen-bond donors (Lipinski definition) is 1. The lowest BCUT2D eigenvalue weighted by Gasteiger charge is -2.02. The first-order chi connectivity index (χ1) is 9.47. The van der Waals surface area contributed by atoms with E-state index < -0.39 is 15.7 Å². The second-order valence-corrected chi connectivity index (χ2v) is 6.21. The lowest BCUT2D eigenvalue weighted by atomic mass is 10.2. The molecule has 0 saturated heterocycles. The van der Waals surface area contributed by atoms with Crippen molar-refractivity contribution in [3.8, 4) is 0 Å². The third-order valence-electron chi connectivity index (χ3n) is 2.57. The summed E-state index contributed by atoms with van der Waals surface area (Å²) in [7, 11) is -3.41.